The van der Waals surface area contributed by atoms with Gasteiger partial charge in [-0.2, -0.15) is 5.10 Å². The van der Waals surface area contributed by atoms with E-state index in [0.29, 0.717) is 0 Å². The highest BCUT2D eigenvalue weighted by Gasteiger charge is 2.08. The van der Waals surface area contributed by atoms with Crippen LogP contribution in [0, 0.1) is 11.6 Å². The lowest BCUT2D eigenvalue weighted by Crippen LogP contribution is -1.95. The Morgan fingerprint density at radius 1 is 1.21 bits per heavy atom. The molecule has 0 atom stereocenters. The van der Waals surface area contributed by atoms with E-state index in [2.05, 4.69) is 10.2 Å². The van der Waals surface area contributed by atoms with Crippen molar-refractivity contribution in [1.29, 1.82) is 0 Å². The lowest BCUT2D eigenvalue weighted by Gasteiger charge is -2.01. The molecule has 1 heterocycles. The van der Waals surface area contributed by atoms with Gasteiger partial charge in [0.25, 0.3) is 0 Å². The summed E-state index contributed by atoms with van der Waals surface area (Å²) in [6.45, 7) is 0. The molecule has 4 heteroatoms. The molecule has 2 rings (SSSR count). The predicted octanol–water partition coefficient (Wildman–Crippen LogP) is 2.28. The van der Waals surface area contributed by atoms with Crippen LogP contribution < -0.4 is 0 Å². The van der Waals surface area contributed by atoms with Gasteiger partial charge in [0, 0.05) is 18.2 Å². The highest BCUT2D eigenvalue weighted by molar-refractivity contribution is 5.25. The second-order valence-corrected chi connectivity index (χ2v) is 2.98. The molecule has 0 saturated carbocycles. The molecule has 0 amide bonds. The monoisotopic (exact) mass is 194 g/mol. The number of hydrogen-bond donors (Lipinski definition) is 1. The number of aromatic nitrogens is 2. The first-order valence-corrected chi connectivity index (χ1v) is 4.18. The lowest BCUT2D eigenvalue weighted by molar-refractivity contribution is 0.561. The van der Waals surface area contributed by atoms with Crippen molar-refractivity contribution in [2.75, 3.05) is 0 Å². The van der Waals surface area contributed by atoms with Gasteiger partial charge in [0.15, 0.2) is 0 Å². The van der Waals surface area contributed by atoms with Gasteiger partial charge >= 0.3 is 0 Å². The summed E-state index contributed by atoms with van der Waals surface area (Å²) in [5.74, 6) is -1.04. The molecule has 0 spiro atoms. The third-order valence-corrected chi connectivity index (χ3v) is 2.00. The van der Waals surface area contributed by atoms with Crippen molar-refractivity contribution >= 4 is 0 Å². The molecule has 2 nitrogen and oxygen atoms in total. The summed E-state index contributed by atoms with van der Waals surface area (Å²) in [5.41, 5.74) is 0.836. The molecule has 0 aliphatic rings. The number of nitrogens with one attached hydrogen (secondary N) is 1. The van der Waals surface area contributed by atoms with Crippen molar-refractivity contribution in [1.82, 2.24) is 10.2 Å². The van der Waals surface area contributed by atoms with Crippen molar-refractivity contribution in [3.63, 3.8) is 0 Å². The molecule has 14 heavy (non-hydrogen) atoms. The van der Waals surface area contributed by atoms with E-state index < -0.39 is 11.6 Å². The maximum absolute atomic E-state index is 13.2. The Labute approximate surface area is 79.6 Å². The van der Waals surface area contributed by atoms with E-state index in [9.17, 15) is 8.78 Å². The van der Waals surface area contributed by atoms with Crippen molar-refractivity contribution in [2.45, 2.75) is 6.42 Å². The number of nitrogens with zero attached hydrogens (tertiary/aromatic N) is 1. The highest BCUT2D eigenvalue weighted by Crippen LogP contribution is 2.15. The molecule has 0 radical (unpaired) electrons. The Morgan fingerprint density at radius 3 is 2.50 bits per heavy atom. The zero-order chi connectivity index (χ0) is 9.97. The topological polar surface area (TPSA) is 28.7 Å². The fourth-order valence-corrected chi connectivity index (χ4v) is 1.28. The normalized spacial score (nSPS) is 10.4. The second kappa shape index (κ2) is 3.57. The van der Waals surface area contributed by atoms with Gasteiger partial charge in [-0.25, -0.2) is 8.78 Å². The first kappa shape index (κ1) is 8.87. The van der Waals surface area contributed by atoms with Gasteiger partial charge in [0.05, 0.1) is 6.20 Å². The molecule has 1 aromatic carbocycles. The van der Waals surface area contributed by atoms with Crippen molar-refractivity contribution in [3.8, 4) is 0 Å². The Kier molecular flexibility index (Phi) is 2.26. The fraction of sp³-hybridized carbons (Fsp3) is 0.100. The van der Waals surface area contributed by atoms with Crippen LogP contribution in [0.1, 0.15) is 11.1 Å². The fourth-order valence-electron chi connectivity index (χ4n) is 1.28. The van der Waals surface area contributed by atoms with E-state index in [1.165, 1.54) is 18.2 Å². The molecule has 0 aliphatic heterocycles. The SMILES string of the molecule is Fc1cccc(F)c1Cc1cn[nH]c1. The van der Waals surface area contributed by atoms with E-state index in [1.807, 2.05) is 0 Å². The van der Waals surface area contributed by atoms with Crippen LogP contribution in [-0.4, -0.2) is 10.2 Å². The summed E-state index contributed by atoms with van der Waals surface area (Å²) >= 11 is 0. The number of halogens is 2. The number of hydrogen-bond acceptors (Lipinski definition) is 1. The van der Waals surface area contributed by atoms with Gasteiger partial charge in [-0.05, 0) is 17.7 Å². The minimum atomic E-state index is -0.522. The largest absolute Gasteiger partial charge is 0.285 e. The number of benzene rings is 1. The quantitative estimate of drug-likeness (QED) is 0.780. The Balaban J connectivity index is 2.33. The van der Waals surface area contributed by atoms with Crippen LogP contribution in [-0.2, 0) is 6.42 Å². The van der Waals surface area contributed by atoms with Crippen molar-refractivity contribution in [3.05, 3.63) is 53.4 Å². The van der Waals surface area contributed by atoms with Crippen LogP contribution in [0.5, 0.6) is 0 Å². The van der Waals surface area contributed by atoms with Crippen LogP contribution in [0.3, 0.4) is 0 Å². The van der Waals surface area contributed by atoms with Crippen LogP contribution in [0.25, 0.3) is 0 Å². The van der Waals surface area contributed by atoms with E-state index in [-0.39, 0.29) is 12.0 Å². The van der Waals surface area contributed by atoms with Gasteiger partial charge in [-0.1, -0.05) is 6.07 Å². The summed E-state index contributed by atoms with van der Waals surface area (Å²) in [6, 6.07) is 3.85. The third kappa shape index (κ3) is 1.64. The number of H-pyrrole nitrogens is 1. The predicted molar refractivity (Wildman–Crippen MR) is 47.8 cm³/mol. The molecule has 0 unspecified atom stereocenters. The molecule has 1 aromatic heterocycles. The van der Waals surface area contributed by atoms with Gasteiger partial charge in [-0.15, -0.1) is 0 Å². The first-order chi connectivity index (χ1) is 6.77. The third-order valence-electron chi connectivity index (χ3n) is 2.00. The summed E-state index contributed by atoms with van der Waals surface area (Å²) in [5, 5.41) is 6.30. The minimum absolute atomic E-state index is 0.0777. The maximum atomic E-state index is 13.2. The Morgan fingerprint density at radius 2 is 1.93 bits per heavy atom. The van der Waals surface area contributed by atoms with E-state index in [1.54, 1.807) is 12.4 Å². The summed E-state index contributed by atoms with van der Waals surface area (Å²) in [4.78, 5) is 0. The van der Waals surface area contributed by atoms with Gasteiger partial charge in [0.1, 0.15) is 11.6 Å². The second-order valence-electron chi connectivity index (χ2n) is 2.98. The molecule has 2 aromatic rings. The van der Waals surface area contributed by atoms with Crippen LogP contribution in [0.2, 0.25) is 0 Å². The van der Waals surface area contributed by atoms with Crippen molar-refractivity contribution < 1.29 is 8.78 Å². The molecule has 1 N–H and O–H groups in total. The zero-order valence-electron chi connectivity index (χ0n) is 7.30. The van der Waals surface area contributed by atoms with Crippen LogP contribution in [0.4, 0.5) is 8.78 Å². The molecule has 72 valence electrons. The standard InChI is InChI=1S/C10H8F2N2/c11-9-2-1-3-10(12)8(9)4-7-5-13-14-6-7/h1-3,5-6H,4H2,(H,13,14). The minimum Gasteiger partial charge on any atom is -0.285 e. The van der Waals surface area contributed by atoms with Gasteiger partial charge in [0.2, 0.25) is 0 Å². The van der Waals surface area contributed by atoms with E-state index in [0.717, 1.165) is 5.56 Å². The lowest BCUT2D eigenvalue weighted by atomic mass is 10.1. The summed E-state index contributed by atoms with van der Waals surface area (Å²) in [6.07, 6.45) is 3.38. The Hall–Kier alpha value is -1.71. The molecular weight excluding hydrogens is 186 g/mol. The summed E-state index contributed by atoms with van der Waals surface area (Å²) < 4.78 is 26.3. The highest BCUT2D eigenvalue weighted by atomic mass is 19.1. The zero-order valence-corrected chi connectivity index (χ0v) is 7.30. The average molecular weight is 194 g/mol. The average Bonchev–Trinajstić information content (AvgIpc) is 2.64. The molecule has 0 aliphatic carbocycles. The molecule has 0 fully saturated rings. The summed E-state index contributed by atoms with van der Waals surface area (Å²) in [7, 11) is 0. The van der Waals surface area contributed by atoms with Crippen molar-refractivity contribution in [2.24, 2.45) is 0 Å². The molecule has 0 bridgehead atoms. The molecular formula is C10H8F2N2. The number of aromatic amines is 1. The Bertz CT molecular complexity index is 403. The van der Waals surface area contributed by atoms with Crippen LogP contribution in [0.15, 0.2) is 30.6 Å². The first-order valence-electron chi connectivity index (χ1n) is 4.18. The van der Waals surface area contributed by atoms with E-state index >= 15 is 0 Å². The van der Waals surface area contributed by atoms with Crippen LogP contribution >= 0.6 is 0 Å². The smallest absolute Gasteiger partial charge is 0.129 e. The maximum Gasteiger partial charge on any atom is 0.129 e. The molecule has 0 saturated heterocycles. The number of rotatable bonds is 2. The van der Waals surface area contributed by atoms with Gasteiger partial charge < -0.3 is 0 Å². The van der Waals surface area contributed by atoms with E-state index in [4.69, 9.17) is 0 Å². The van der Waals surface area contributed by atoms with Gasteiger partial charge in [-0.3, -0.25) is 5.10 Å².